The lowest BCUT2D eigenvalue weighted by Crippen LogP contribution is -2.30. The van der Waals surface area contributed by atoms with E-state index in [9.17, 15) is 14.4 Å². The molecular formula is C73H120O6. The van der Waals surface area contributed by atoms with Crippen molar-refractivity contribution >= 4 is 17.9 Å². The standard InChI is InChI=1S/C73H120O6/c1-4-7-10-13-16-19-22-25-28-31-34-36-39-42-45-48-51-54-57-60-63-66-72(75)78-69-70(68-77-71(74)65-62-59-56-53-50-47-44-41-38-33-30-27-24-21-18-15-12-9-6-3)79-73(76)67-64-61-58-55-52-49-46-43-40-37-35-32-29-26-23-20-17-14-11-8-5-2/h7,9-10,12,16,18-19,21,25,27-28,30,32,34-36,38,41-42,45,47,50,70H,4-6,8,11,13-15,17,20,22-24,26,29,31,33,37,39-40,43-44,46,48-49,51-69H2,1-3H3/b10-7-,12-9-,19-16-,21-18-,28-25-,30-27-,35-32-,36-34-,41-38-,45-42-,50-47-. The molecule has 0 N–H and O–H groups in total. The Morgan fingerprint density at radius 3 is 0.797 bits per heavy atom. The van der Waals surface area contributed by atoms with Gasteiger partial charge in [0, 0.05) is 19.3 Å². The van der Waals surface area contributed by atoms with Crippen LogP contribution in [0.2, 0.25) is 0 Å². The van der Waals surface area contributed by atoms with Crippen LogP contribution in [0.4, 0.5) is 0 Å². The Balaban J connectivity index is 4.50. The van der Waals surface area contributed by atoms with E-state index in [4.69, 9.17) is 14.2 Å². The molecule has 0 saturated heterocycles. The SMILES string of the molecule is CC/C=C\C/C=C\C/C=C\C/C=C\C/C=C\CCCCCCCC(=O)OCC(COC(=O)CCCCC/C=C\C/C=C\C/C=C\C/C=C\C/C=C\CC)OC(=O)CCCCCCCCCCC/C=C\CCCCCCCCCC. The second kappa shape index (κ2) is 66.1. The van der Waals surface area contributed by atoms with Crippen molar-refractivity contribution in [2.75, 3.05) is 13.2 Å². The zero-order valence-electron chi connectivity index (χ0n) is 51.3. The Morgan fingerprint density at radius 1 is 0.266 bits per heavy atom. The summed E-state index contributed by atoms with van der Waals surface area (Å²) in [4.78, 5) is 38.4. The van der Waals surface area contributed by atoms with E-state index in [0.717, 1.165) is 148 Å². The minimum Gasteiger partial charge on any atom is -0.462 e. The Hall–Kier alpha value is -4.45. The molecular weight excluding hydrogens is 973 g/mol. The summed E-state index contributed by atoms with van der Waals surface area (Å²) in [7, 11) is 0. The molecule has 0 fully saturated rings. The molecule has 6 nitrogen and oxygen atoms in total. The van der Waals surface area contributed by atoms with E-state index in [1.807, 2.05) is 0 Å². The summed E-state index contributed by atoms with van der Waals surface area (Å²) in [5.74, 6) is -0.951. The summed E-state index contributed by atoms with van der Waals surface area (Å²) in [5, 5.41) is 0. The van der Waals surface area contributed by atoms with E-state index < -0.39 is 6.10 Å². The highest BCUT2D eigenvalue weighted by Gasteiger charge is 2.19. The van der Waals surface area contributed by atoms with E-state index >= 15 is 0 Å². The van der Waals surface area contributed by atoms with Crippen molar-refractivity contribution in [3.8, 4) is 0 Å². The van der Waals surface area contributed by atoms with Gasteiger partial charge < -0.3 is 14.2 Å². The maximum Gasteiger partial charge on any atom is 0.306 e. The van der Waals surface area contributed by atoms with Crippen LogP contribution in [0.15, 0.2) is 134 Å². The van der Waals surface area contributed by atoms with Crippen LogP contribution in [-0.2, 0) is 28.6 Å². The normalized spacial score (nSPS) is 13.0. The van der Waals surface area contributed by atoms with Crippen molar-refractivity contribution < 1.29 is 28.6 Å². The first kappa shape index (κ1) is 74.5. The van der Waals surface area contributed by atoms with E-state index in [1.165, 1.54) is 103 Å². The van der Waals surface area contributed by atoms with Crippen molar-refractivity contribution in [1.29, 1.82) is 0 Å². The average molecular weight is 1090 g/mol. The average Bonchev–Trinajstić information content (AvgIpc) is 3.45. The second-order valence-corrected chi connectivity index (χ2v) is 21.3. The lowest BCUT2D eigenvalue weighted by atomic mass is 10.1. The van der Waals surface area contributed by atoms with Crippen LogP contribution in [0.25, 0.3) is 0 Å². The minimum absolute atomic E-state index is 0.103. The van der Waals surface area contributed by atoms with Gasteiger partial charge in [-0.3, -0.25) is 14.4 Å². The molecule has 0 aliphatic heterocycles. The molecule has 0 aromatic carbocycles. The fourth-order valence-electron chi connectivity index (χ4n) is 8.79. The first-order valence-electron chi connectivity index (χ1n) is 32.7. The zero-order valence-corrected chi connectivity index (χ0v) is 51.3. The van der Waals surface area contributed by atoms with Gasteiger partial charge in [-0.15, -0.1) is 0 Å². The van der Waals surface area contributed by atoms with Crippen molar-refractivity contribution in [3.05, 3.63) is 134 Å². The number of ether oxygens (including phenoxy) is 3. The van der Waals surface area contributed by atoms with Crippen molar-refractivity contribution in [2.45, 2.75) is 297 Å². The van der Waals surface area contributed by atoms with Gasteiger partial charge in [-0.05, 0) is 135 Å². The number of unbranched alkanes of at least 4 members (excludes halogenated alkanes) is 25. The van der Waals surface area contributed by atoms with Gasteiger partial charge in [-0.2, -0.15) is 0 Å². The van der Waals surface area contributed by atoms with Crippen LogP contribution >= 0.6 is 0 Å². The molecule has 0 aliphatic rings. The van der Waals surface area contributed by atoms with Crippen LogP contribution in [-0.4, -0.2) is 37.2 Å². The van der Waals surface area contributed by atoms with Gasteiger partial charge in [-0.25, -0.2) is 0 Å². The third-order valence-corrected chi connectivity index (χ3v) is 13.6. The molecule has 6 heteroatoms. The Kier molecular flexibility index (Phi) is 62.3. The van der Waals surface area contributed by atoms with Gasteiger partial charge in [0.1, 0.15) is 13.2 Å². The van der Waals surface area contributed by atoms with Crippen LogP contribution in [0.1, 0.15) is 290 Å². The van der Waals surface area contributed by atoms with Crippen molar-refractivity contribution in [3.63, 3.8) is 0 Å². The van der Waals surface area contributed by atoms with Crippen LogP contribution < -0.4 is 0 Å². The van der Waals surface area contributed by atoms with Gasteiger partial charge in [0.2, 0.25) is 0 Å². The molecule has 1 unspecified atom stereocenters. The summed E-state index contributed by atoms with van der Waals surface area (Å²) >= 11 is 0. The monoisotopic (exact) mass is 1090 g/mol. The lowest BCUT2D eigenvalue weighted by Gasteiger charge is -2.18. The van der Waals surface area contributed by atoms with Gasteiger partial charge in [-0.1, -0.05) is 270 Å². The van der Waals surface area contributed by atoms with Gasteiger partial charge in [0.25, 0.3) is 0 Å². The number of allylic oxidation sites excluding steroid dienone is 22. The smallest absolute Gasteiger partial charge is 0.306 e. The van der Waals surface area contributed by atoms with Crippen LogP contribution in [0, 0.1) is 0 Å². The second-order valence-electron chi connectivity index (χ2n) is 21.3. The summed E-state index contributed by atoms with van der Waals surface area (Å²) in [6.45, 7) is 6.38. The third kappa shape index (κ3) is 64.3. The van der Waals surface area contributed by atoms with Crippen LogP contribution in [0.3, 0.4) is 0 Å². The van der Waals surface area contributed by atoms with Gasteiger partial charge in [0.15, 0.2) is 6.10 Å². The first-order chi connectivity index (χ1) is 39.0. The molecule has 0 rings (SSSR count). The zero-order chi connectivity index (χ0) is 57.1. The summed E-state index contributed by atoms with van der Waals surface area (Å²) in [6.07, 6.45) is 93.1. The molecule has 0 heterocycles. The predicted octanol–water partition coefficient (Wildman–Crippen LogP) is 22.5. The van der Waals surface area contributed by atoms with Gasteiger partial charge >= 0.3 is 17.9 Å². The molecule has 0 saturated carbocycles. The third-order valence-electron chi connectivity index (χ3n) is 13.6. The molecule has 0 aliphatic carbocycles. The number of esters is 3. The molecule has 0 radical (unpaired) electrons. The molecule has 79 heavy (non-hydrogen) atoms. The maximum absolute atomic E-state index is 12.9. The number of carbonyl (C=O) groups excluding carboxylic acids is 3. The molecule has 0 spiro atoms. The first-order valence-corrected chi connectivity index (χ1v) is 32.7. The topological polar surface area (TPSA) is 78.9 Å². The number of rotatable bonds is 58. The maximum atomic E-state index is 12.9. The summed E-state index contributed by atoms with van der Waals surface area (Å²) in [5.41, 5.74) is 0. The van der Waals surface area contributed by atoms with Crippen molar-refractivity contribution in [2.24, 2.45) is 0 Å². The molecule has 1 atom stereocenters. The Bertz CT molecular complexity index is 1680. The fourth-order valence-corrected chi connectivity index (χ4v) is 8.79. The molecule has 448 valence electrons. The highest BCUT2D eigenvalue weighted by atomic mass is 16.6. The quantitative estimate of drug-likeness (QED) is 0.0261. The lowest BCUT2D eigenvalue weighted by molar-refractivity contribution is -0.167. The van der Waals surface area contributed by atoms with Crippen molar-refractivity contribution in [1.82, 2.24) is 0 Å². The molecule has 0 bridgehead atoms. The fraction of sp³-hybridized carbons (Fsp3) is 0.658. The molecule has 0 amide bonds. The van der Waals surface area contributed by atoms with E-state index in [2.05, 4.69) is 154 Å². The van der Waals surface area contributed by atoms with E-state index in [-0.39, 0.29) is 31.1 Å². The highest BCUT2D eigenvalue weighted by Crippen LogP contribution is 2.15. The summed E-state index contributed by atoms with van der Waals surface area (Å²) in [6, 6.07) is 0. The Morgan fingerprint density at radius 2 is 0.494 bits per heavy atom. The summed E-state index contributed by atoms with van der Waals surface area (Å²) < 4.78 is 16.9. The highest BCUT2D eigenvalue weighted by molar-refractivity contribution is 5.71. The van der Waals surface area contributed by atoms with E-state index in [0.29, 0.717) is 19.3 Å². The Labute approximate surface area is 487 Å². The van der Waals surface area contributed by atoms with E-state index in [1.54, 1.807) is 0 Å². The number of hydrogen-bond donors (Lipinski definition) is 0. The number of hydrogen-bond acceptors (Lipinski definition) is 6. The van der Waals surface area contributed by atoms with Gasteiger partial charge in [0.05, 0.1) is 0 Å². The minimum atomic E-state index is -0.808. The number of carbonyl (C=O) groups is 3. The largest absolute Gasteiger partial charge is 0.462 e. The molecule has 0 aromatic rings. The van der Waals surface area contributed by atoms with Crippen LogP contribution in [0.5, 0.6) is 0 Å². The molecule has 0 aromatic heterocycles. The predicted molar refractivity (Wildman–Crippen MR) is 343 cm³/mol.